The molecule has 0 amide bonds. The van der Waals surface area contributed by atoms with Gasteiger partial charge in [0.25, 0.3) is 0 Å². The molecule has 0 N–H and O–H groups in total. The number of pyridine rings is 1. The molecular weight excluding hydrogens is 325 g/mol. The second-order valence-electron chi connectivity index (χ2n) is 4.92. The van der Waals surface area contributed by atoms with Gasteiger partial charge in [-0.15, -0.1) is 24.0 Å². The summed E-state index contributed by atoms with van der Waals surface area (Å²) in [5.41, 5.74) is 1.27. The van der Waals surface area contributed by atoms with Gasteiger partial charge in [-0.1, -0.05) is 6.07 Å². The highest BCUT2D eigenvalue weighted by Gasteiger charge is 2.16. The van der Waals surface area contributed by atoms with E-state index in [0.29, 0.717) is 0 Å². The van der Waals surface area contributed by atoms with Crippen LogP contribution in [0.2, 0.25) is 0 Å². The van der Waals surface area contributed by atoms with E-state index in [1.807, 2.05) is 24.7 Å². The van der Waals surface area contributed by atoms with Crippen molar-refractivity contribution in [3.05, 3.63) is 48.3 Å². The van der Waals surface area contributed by atoms with Crippen molar-refractivity contribution in [1.29, 1.82) is 0 Å². The molecule has 2 heterocycles. The predicted octanol–water partition coefficient (Wildman–Crippen LogP) is 3.24. The van der Waals surface area contributed by atoms with Gasteiger partial charge >= 0.3 is 0 Å². The summed E-state index contributed by atoms with van der Waals surface area (Å²) >= 11 is 0. The van der Waals surface area contributed by atoms with E-state index in [1.165, 1.54) is 5.56 Å². The molecule has 0 aliphatic carbocycles. The zero-order valence-electron chi connectivity index (χ0n) is 10.4. The van der Waals surface area contributed by atoms with Crippen molar-refractivity contribution in [2.45, 2.75) is 32.7 Å². The van der Waals surface area contributed by atoms with E-state index >= 15 is 0 Å². The molecule has 0 radical (unpaired) electrons. The fraction of sp³-hybridized carbons (Fsp3) is 0.385. The van der Waals surface area contributed by atoms with Gasteiger partial charge in [0, 0.05) is 36.7 Å². The van der Waals surface area contributed by atoms with Crippen molar-refractivity contribution in [1.82, 2.24) is 14.5 Å². The fourth-order valence-corrected chi connectivity index (χ4v) is 1.76. The lowest BCUT2D eigenvalue weighted by Crippen LogP contribution is -2.23. The molecule has 4 heteroatoms. The second-order valence-corrected chi connectivity index (χ2v) is 4.92. The molecule has 0 saturated carbocycles. The molecule has 0 spiro atoms. The minimum atomic E-state index is 0. The van der Waals surface area contributed by atoms with Crippen LogP contribution >= 0.6 is 24.0 Å². The van der Waals surface area contributed by atoms with Crippen molar-refractivity contribution in [3.63, 3.8) is 0 Å². The van der Waals surface area contributed by atoms with Crippen LogP contribution in [0.25, 0.3) is 0 Å². The summed E-state index contributed by atoms with van der Waals surface area (Å²) in [5, 5.41) is 0. The molecule has 2 aromatic rings. The van der Waals surface area contributed by atoms with Gasteiger partial charge in [-0.25, -0.2) is 4.98 Å². The third-order valence-electron chi connectivity index (χ3n) is 2.53. The molecule has 0 fully saturated rings. The first-order valence-corrected chi connectivity index (χ1v) is 5.49. The van der Waals surface area contributed by atoms with E-state index in [2.05, 4.69) is 41.4 Å². The Hall–Kier alpha value is -0.910. The Morgan fingerprint density at radius 3 is 2.59 bits per heavy atom. The molecule has 2 rings (SSSR count). The highest BCUT2D eigenvalue weighted by Crippen LogP contribution is 2.17. The van der Waals surface area contributed by atoms with Crippen LogP contribution in [0.1, 0.15) is 32.2 Å². The van der Waals surface area contributed by atoms with E-state index in [-0.39, 0.29) is 29.5 Å². The summed E-state index contributed by atoms with van der Waals surface area (Å²) in [6, 6.07) is 4.04. The van der Waals surface area contributed by atoms with Crippen molar-refractivity contribution in [2.24, 2.45) is 0 Å². The Kier molecular flexibility index (Phi) is 4.68. The number of aromatic nitrogens is 3. The van der Waals surface area contributed by atoms with Crippen molar-refractivity contribution in [3.8, 4) is 0 Å². The Balaban J connectivity index is 0.00000144. The van der Waals surface area contributed by atoms with Gasteiger partial charge in [0.2, 0.25) is 0 Å². The smallest absolute Gasteiger partial charge is 0.113 e. The molecule has 92 valence electrons. The first kappa shape index (κ1) is 14.2. The van der Waals surface area contributed by atoms with Crippen LogP contribution in [-0.4, -0.2) is 14.5 Å². The Morgan fingerprint density at radius 1 is 1.24 bits per heavy atom. The van der Waals surface area contributed by atoms with E-state index in [0.717, 1.165) is 12.2 Å². The number of rotatable bonds is 2. The normalized spacial score (nSPS) is 11.0. The number of nitrogens with zero attached hydrogens (tertiary/aromatic N) is 3. The fourth-order valence-electron chi connectivity index (χ4n) is 1.76. The maximum absolute atomic E-state index is 4.41. The topological polar surface area (TPSA) is 30.7 Å². The minimum Gasteiger partial charge on any atom is -0.329 e. The lowest BCUT2D eigenvalue weighted by Gasteiger charge is -2.23. The standard InChI is InChI=1S/C13H17N3.HI/c1-13(2,3)16-8-7-15-12(16)9-11-5-4-6-14-10-11;/h4-8,10H,9H2,1-3H3;1H. The van der Waals surface area contributed by atoms with Gasteiger partial charge in [0.15, 0.2) is 0 Å². The van der Waals surface area contributed by atoms with Gasteiger partial charge < -0.3 is 4.57 Å². The summed E-state index contributed by atoms with van der Waals surface area (Å²) in [5.74, 6) is 1.08. The van der Waals surface area contributed by atoms with Crippen LogP contribution in [-0.2, 0) is 12.0 Å². The van der Waals surface area contributed by atoms with E-state index in [1.54, 1.807) is 6.20 Å². The van der Waals surface area contributed by atoms with E-state index in [4.69, 9.17) is 0 Å². The summed E-state index contributed by atoms with van der Waals surface area (Å²) in [7, 11) is 0. The summed E-state index contributed by atoms with van der Waals surface area (Å²) in [6.07, 6.45) is 8.40. The molecule has 0 atom stereocenters. The first-order valence-electron chi connectivity index (χ1n) is 5.49. The molecular formula is C13H18IN3. The quantitative estimate of drug-likeness (QED) is 0.784. The zero-order valence-corrected chi connectivity index (χ0v) is 12.8. The molecule has 0 bridgehead atoms. The van der Waals surface area contributed by atoms with Gasteiger partial charge in [-0.05, 0) is 32.4 Å². The third kappa shape index (κ3) is 3.52. The monoisotopic (exact) mass is 343 g/mol. The minimum absolute atomic E-state index is 0. The molecule has 0 saturated heterocycles. The van der Waals surface area contributed by atoms with Gasteiger partial charge in [-0.2, -0.15) is 0 Å². The maximum atomic E-state index is 4.41. The Bertz CT molecular complexity index is 457. The van der Waals surface area contributed by atoms with Crippen LogP contribution in [0, 0.1) is 0 Å². The largest absolute Gasteiger partial charge is 0.329 e. The molecule has 3 nitrogen and oxygen atoms in total. The van der Waals surface area contributed by atoms with Gasteiger partial charge in [-0.3, -0.25) is 4.98 Å². The lowest BCUT2D eigenvalue weighted by atomic mass is 10.1. The number of halogens is 1. The van der Waals surface area contributed by atoms with Crippen LogP contribution in [0.3, 0.4) is 0 Å². The summed E-state index contributed by atoms with van der Waals surface area (Å²) in [4.78, 5) is 8.53. The van der Waals surface area contributed by atoms with Crippen LogP contribution in [0.5, 0.6) is 0 Å². The second kappa shape index (κ2) is 5.62. The zero-order chi connectivity index (χ0) is 11.6. The molecule has 0 aromatic carbocycles. The van der Waals surface area contributed by atoms with Gasteiger partial charge in [0.05, 0.1) is 0 Å². The van der Waals surface area contributed by atoms with Gasteiger partial charge in [0.1, 0.15) is 5.82 Å². The molecule has 0 aliphatic rings. The Morgan fingerprint density at radius 2 is 2.00 bits per heavy atom. The van der Waals surface area contributed by atoms with Crippen LogP contribution in [0.4, 0.5) is 0 Å². The number of hydrogen-bond acceptors (Lipinski definition) is 2. The highest BCUT2D eigenvalue weighted by molar-refractivity contribution is 14.0. The van der Waals surface area contributed by atoms with Crippen molar-refractivity contribution >= 4 is 24.0 Å². The number of imidazole rings is 1. The lowest BCUT2D eigenvalue weighted by molar-refractivity contribution is 0.384. The predicted molar refractivity (Wildman–Crippen MR) is 79.7 cm³/mol. The third-order valence-corrected chi connectivity index (χ3v) is 2.53. The average molecular weight is 343 g/mol. The molecule has 0 aliphatic heterocycles. The SMILES string of the molecule is CC(C)(C)n1ccnc1Cc1cccnc1.I. The summed E-state index contributed by atoms with van der Waals surface area (Å²) in [6.45, 7) is 6.55. The molecule has 17 heavy (non-hydrogen) atoms. The first-order chi connectivity index (χ1) is 7.57. The van der Waals surface area contributed by atoms with Crippen LogP contribution < -0.4 is 0 Å². The molecule has 0 unspecified atom stereocenters. The van der Waals surface area contributed by atoms with Crippen LogP contribution in [0.15, 0.2) is 36.9 Å². The molecule has 2 aromatic heterocycles. The highest BCUT2D eigenvalue weighted by atomic mass is 127. The average Bonchev–Trinajstić information content (AvgIpc) is 2.67. The maximum Gasteiger partial charge on any atom is 0.113 e. The van der Waals surface area contributed by atoms with Crippen molar-refractivity contribution in [2.75, 3.05) is 0 Å². The summed E-state index contributed by atoms with van der Waals surface area (Å²) < 4.78 is 2.21. The van der Waals surface area contributed by atoms with E-state index < -0.39 is 0 Å². The Labute approximate surface area is 119 Å². The van der Waals surface area contributed by atoms with Crippen molar-refractivity contribution < 1.29 is 0 Å². The number of hydrogen-bond donors (Lipinski definition) is 0. The van der Waals surface area contributed by atoms with E-state index in [9.17, 15) is 0 Å².